The predicted molar refractivity (Wildman–Crippen MR) is 139 cm³/mol. The van der Waals surface area contributed by atoms with Gasteiger partial charge >= 0.3 is 12.1 Å². The van der Waals surface area contributed by atoms with Gasteiger partial charge in [-0.15, -0.1) is 0 Å². The predicted octanol–water partition coefficient (Wildman–Crippen LogP) is 0.970. The summed E-state index contributed by atoms with van der Waals surface area (Å²) in [4.78, 5) is 62.8. The second-order valence-electron chi connectivity index (χ2n) is 10.6. The molecule has 0 aliphatic heterocycles. The minimum atomic E-state index is -0.965. The molecule has 0 fully saturated rings. The lowest BCUT2D eigenvalue weighted by atomic mass is 9.99. The molecule has 0 saturated carbocycles. The Hall–Kier alpha value is -2.89. The highest BCUT2D eigenvalue weighted by molar-refractivity contribution is 5.94. The summed E-state index contributed by atoms with van der Waals surface area (Å²) in [6, 6.07) is -2.87. The zero-order valence-electron chi connectivity index (χ0n) is 23.6. The molecule has 0 bridgehead atoms. The number of alkyl carbamates (subject to hydrolysis) is 1. The molecule has 0 aliphatic rings. The number of hydrogen-bond acceptors (Lipinski definition) is 8. The number of ether oxygens (including phenoxy) is 2. The highest BCUT2D eigenvalue weighted by atomic mass is 16.6. The fourth-order valence-corrected chi connectivity index (χ4v) is 3.29. The number of carbonyl (C=O) groups is 5. The molecule has 0 aromatic heterocycles. The van der Waals surface area contributed by atoms with Crippen LogP contribution in [0.25, 0.3) is 0 Å². The molecule has 12 nitrogen and oxygen atoms in total. The van der Waals surface area contributed by atoms with E-state index in [2.05, 4.69) is 21.3 Å². The van der Waals surface area contributed by atoms with Crippen LogP contribution in [0, 0.1) is 11.8 Å². The zero-order valence-corrected chi connectivity index (χ0v) is 23.6. The summed E-state index contributed by atoms with van der Waals surface area (Å²) < 4.78 is 10.1. The third kappa shape index (κ3) is 15.1. The zero-order chi connectivity index (χ0) is 28.8. The average molecular weight is 530 g/mol. The van der Waals surface area contributed by atoms with Crippen LogP contribution in [0.15, 0.2) is 0 Å². The fourth-order valence-electron chi connectivity index (χ4n) is 3.29. The van der Waals surface area contributed by atoms with E-state index in [1.165, 1.54) is 0 Å². The van der Waals surface area contributed by atoms with Gasteiger partial charge in [-0.1, -0.05) is 27.7 Å². The van der Waals surface area contributed by atoms with Crippen LogP contribution < -0.4 is 27.0 Å². The van der Waals surface area contributed by atoms with Gasteiger partial charge in [0, 0.05) is 0 Å². The van der Waals surface area contributed by atoms with Gasteiger partial charge in [-0.05, 0) is 65.3 Å². The van der Waals surface area contributed by atoms with E-state index in [1.54, 1.807) is 41.5 Å². The topological polar surface area (TPSA) is 178 Å². The number of rotatable bonds is 15. The fraction of sp³-hybridized carbons (Fsp3) is 0.800. The van der Waals surface area contributed by atoms with E-state index in [-0.39, 0.29) is 31.4 Å². The number of nitrogens with one attached hydrogen (secondary N) is 4. The molecule has 37 heavy (non-hydrogen) atoms. The van der Waals surface area contributed by atoms with Crippen molar-refractivity contribution in [2.24, 2.45) is 17.6 Å². The maximum Gasteiger partial charge on any atom is 0.408 e. The lowest BCUT2D eigenvalue weighted by Gasteiger charge is -2.28. The molecule has 0 unspecified atom stereocenters. The maximum atomic E-state index is 13.2. The van der Waals surface area contributed by atoms with Crippen molar-refractivity contribution in [3.63, 3.8) is 0 Å². The highest BCUT2D eigenvalue weighted by Crippen LogP contribution is 2.11. The Morgan fingerprint density at radius 1 is 0.865 bits per heavy atom. The second kappa shape index (κ2) is 16.8. The third-order valence-corrected chi connectivity index (χ3v) is 5.00. The van der Waals surface area contributed by atoms with Gasteiger partial charge in [-0.25, -0.2) is 4.79 Å². The van der Waals surface area contributed by atoms with Crippen LogP contribution in [0.5, 0.6) is 0 Å². The summed E-state index contributed by atoms with van der Waals surface area (Å²) in [6.45, 7) is 14.2. The van der Waals surface area contributed by atoms with Crippen molar-refractivity contribution in [2.45, 2.75) is 98.4 Å². The van der Waals surface area contributed by atoms with Gasteiger partial charge in [-0.2, -0.15) is 0 Å². The van der Waals surface area contributed by atoms with Crippen LogP contribution in [0.1, 0.15) is 74.7 Å². The van der Waals surface area contributed by atoms with Gasteiger partial charge in [0.15, 0.2) is 0 Å². The highest BCUT2D eigenvalue weighted by Gasteiger charge is 2.32. The maximum absolute atomic E-state index is 13.2. The quantitative estimate of drug-likeness (QED) is 0.195. The standard InChI is InChI=1S/C25H47N5O7/c1-9-36-19(31)14-27-21(32)17(11-10-12-26)28-22(33)18(13-15(2)3)29-23(34)20(16(4)5)30-24(35)37-25(6,7)8/h15-18,20H,9-14,26H2,1-8H3,(H,27,32)(H,28,33)(H,29,34)(H,30,35)/t17-,18-,20+/m0/s1. The van der Waals surface area contributed by atoms with E-state index in [0.717, 1.165) is 0 Å². The van der Waals surface area contributed by atoms with E-state index < -0.39 is 53.5 Å². The van der Waals surface area contributed by atoms with Crippen LogP contribution in [-0.4, -0.2) is 73.2 Å². The van der Waals surface area contributed by atoms with Crippen molar-refractivity contribution in [1.29, 1.82) is 0 Å². The first-order valence-electron chi connectivity index (χ1n) is 12.8. The normalized spacial score (nSPS) is 13.8. The Morgan fingerprint density at radius 3 is 1.95 bits per heavy atom. The Balaban J connectivity index is 5.53. The molecule has 0 spiro atoms. The summed E-state index contributed by atoms with van der Waals surface area (Å²) in [6.07, 6.45) is 0.247. The Morgan fingerprint density at radius 2 is 1.46 bits per heavy atom. The first-order chi connectivity index (χ1) is 17.1. The molecule has 0 saturated heterocycles. The number of carbonyl (C=O) groups excluding carboxylic acids is 5. The minimum Gasteiger partial charge on any atom is -0.465 e. The first kappa shape index (κ1) is 34.1. The monoisotopic (exact) mass is 529 g/mol. The SMILES string of the molecule is CCOC(=O)CNC(=O)[C@H](CCCN)NC(=O)[C@H](CC(C)C)NC(=O)[C@H](NC(=O)OC(C)(C)C)C(C)C. The van der Waals surface area contributed by atoms with Crippen molar-refractivity contribution in [1.82, 2.24) is 21.3 Å². The van der Waals surface area contributed by atoms with Crippen molar-refractivity contribution >= 4 is 29.8 Å². The molecule has 0 aliphatic carbocycles. The summed E-state index contributed by atoms with van der Waals surface area (Å²) in [5, 5.41) is 10.4. The Bertz CT molecular complexity index is 765. The summed E-state index contributed by atoms with van der Waals surface area (Å²) in [5.74, 6) is -2.52. The van der Waals surface area contributed by atoms with E-state index in [1.807, 2.05) is 13.8 Å². The molecular weight excluding hydrogens is 482 g/mol. The molecule has 0 aromatic rings. The Labute approximate surface area is 220 Å². The van der Waals surface area contributed by atoms with Gasteiger partial charge in [0.05, 0.1) is 6.61 Å². The van der Waals surface area contributed by atoms with Crippen LogP contribution in [-0.2, 0) is 28.7 Å². The number of amides is 4. The first-order valence-corrected chi connectivity index (χ1v) is 12.8. The van der Waals surface area contributed by atoms with Crippen LogP contribution in [0.2, 0.25) is 0 Å². The minimum absolute atomic E-state index is 0.0347. The average Bonchev–Trinajstić information content (AvgIpc) is 2.76. The number of nitrogens with two attached hydrogens (primary N) is 1. The van der Waals surface area contributed by atoms with Gasteiger partial charge in [0.1, 0.15) is 30.3 Å². The molecule has 4 amide bonds. The van der Waals surface area contributed by atoms with Gasteiger partial charge in [0.25, 0.3) is 0 Å². The van der Waals surface area contributed by atoms with Crippen LogP contribution in [0.3, 0.4) is 0 Å². The summed E-state index contributed by atoms with van der Waals surface area (Å²) >= 11 is 0. The van der Waals surface area contributed by atoms with Crippen LogP contribution in [0.4, 0.5) is 4.79 Å². The lowest BCUT2D eigenvalue weighted by Crippen LogP contribution is -2.58. The van der Waals surface area contributed by atoms with Crippen molar-refractivity contribution in [2.75, 3.05) is 19.7 Å². The Kier molecular flexibility index (Phi) is 15.5. The van der Waals surface area contributed by atoms with Gasteiger partial charge in [0.2, 0.25) is 17.7 Å². The number of hydrogen-bond donors (Lipinski definition) is 5. The summed E-state index contributed by atoms with van der Waals surface area (Å²) in [7, 11) is 0. The van der Waals surface area contributed by atoms with Crippen molar-refractivity contribution in [3.8, 4) is 0 Å². The largest absolute Gasteiger partial charge is 0.465 e. The molecule has 214 valence electrons. The van der Waals surface area contributed by atoms with Crippen LogP contribution >= 0.6 is 0 Å². The van der Waals surface area contributed by atoms with E-state index in [9.17, 15) is 24.0 Å². The molecule has 0 aromatic carbocycles. The molecule has 6 N–H and O–H groups in total. The second-order valence-corrected chi connectivity index (χ2v) is 10.6. The molecule has 0 rings (SSSR count). The van der Waals surface area contributed by atoms with Crippen molar-refractivity contribution in [3.05, 3.63) is 0 Å². The molecule has 3 atom stereocenters. The van der Waals surface area contributed by atoms with Gasteiger partial charge in [-0.3, -0.25) is 19.2 Å². The third-order valence-electron chi connectivity index (χ3n) is 5.00. The molecule has 12 heteroatoms. The van der Waals surface area contributed by atoms with Gasteiger partial charge < -0.3 is 36.5 Å². The molecular formula is C25H47N5O7. The van der Waals surface area contributed by atoms with E-state index in [0.29, 0.717) is 19.4 Å². The van der Waals surface area contributed by atoms with E-state index >= 15 is 0 Å². The number of esters is 1. The van der Waals surface area contributed by atoms with E-state index in [4.69, 9.17) is 15.2 Å². The molecule has 0 heterocycles. The summed E-state index contributed by atoms with van der Waals surface area (Å²) in [5.41, 5.74) is 4.84. The molecule has 0 radical (unpaired) electrons. The smallest absolute Gasteiger partial charge is 0.408 e. The lowest BCUT2D eigenvalue weighted by molar-refractivity contribution is -0.143. The van der Waals surface area contributed by atoms with Crippen molar-refractivity contribution < 1.29 is 33.4 Å².